The van der Waals surface area contributed by atoms with E-state index in [-0.39, 0.29) is 0 Å². The first-order chi connectivity index (χ1) is 7.10. The number of sulfone groups is 1. The van der Waals surface area contributed by atoms with Crippen LogP contribution in [0.5, 0.6) is 0 Å². The van der Waals surface area contributed by atoms with Crippen molar-refractivity contribution in [3.63, 3.8) is 0 Å². The van der Waals surface area contributed by atoms with Crippen LogP contribution in [0.15, 0.2) is 40.1 Å². The topological polar surface area (TPSA) is 34.1 Å². The van der Waals surface area contributed by atoms with Crippen LogP contribution in [0.1, 0.15) is 24.8 Å². The molecule has 0 heterocycles. The van der Waals surface area contributed by atoms with Gasteiger partial charge >= 0.3 is 0 Å². The predicted molar refractivity (Wildman–Crippen MR) is 60.3 cm³/mol. The average molecular weight is 222 g/mol. The highest BCUT2D eigenvalue weighted by Gasteiger charge is 2.22. The van der Waals surface area contributed by atoms with E-state index in [9.17, 15) is 8.42 Å². The molecule has 15 heavy (non-hydrogen) atoms. The fraction of sp³-hybridized carbons (Fsp3) is 0.333. The van der Waals surface area contributed by atoms with Crippen LogP contribution in [0, 0.1) is 6.92 Å². The second kappa shape index (κ2) is 3.81. The lowest BCUT2D eigenvalue weighted by atomic mass is 10.2. The number of allylic oxidation sites excluding steroid dienone is 2. The highest BCUT2D eigenvalue weighted by atomic mass is 32.2. The van der Waals surface area contributed by atoms with Gasteiger partial charge in [-0.2, -0.15) is 0 Å². The van der Waals surface area contributed by atoms with Crippen molar-refractivity contribution < 1.29 is 8.42 Å². The van der Waals surface area contributed by atoms with E-state index in [2.05, 4.69) is 0 Å². The zero-order valence-electron chi connectivity index (χ0n) is 8.73. The van der Waals surface area contributed by atoms with Crippen molar-refractivity contribution in [3.8, 4) is 0 Å². The van der Waals surface area contributed by atoms with Crippen LogP contribution in [0.3, 0.4) is 0 Å². The first-order valence-electron chi connectivity index (χ1n) is 5.11. The highest BCUT2D eigenvalue weighted by molar-refractivity contribution is 7.95. The van der Waals surface area contributed by atoms with Crippen molar-refractivity contribution in [2.75, 3.05) is 0 Å². The molecule has 0 aliphatic heterocycles. The van der Waals surface area contributed by atoms with Crippen molar-refractivity contribution in [3.05, 3.63) is 40.8 Å². The molecule has 0 saturated heterocycles. The van der Waals surface area contributed by atoms with Crippen molar-refractivity contribution in [1.29, 1.82) is 0 Å². The van der Waals surface area contributed by atoms with E-state index in [1.54, 1.807) is 12.1 Å². The van der Waals surface area contributed by atoms with Crippen molar-refractivity contribution in [2.45, 2.75) is 31.1 Å². The van der Waals surface area contributed by atoms with Gasteiger partial charge in [-0.3, -0.25) is 0 Å². The summed E-state index contributed by atoms with van der Waals surface area (Å²) in [5.74, 6) is 0. The molecule has 0 saturated carbocycles. The van der Waals surface area contributed by atoms with Gasteiger partial charge in [0.05, 0.1) is 4.90 Å². The lowest BCUT2D eigenvalue weighted by Gasteiger charge is -2.05. The zero-order valence-corrected chi connectivity index (χ0v) is 9.55. The molecule has 2 rings (SSSR count). The number of aryl methyl sites for hydroxylation is 1. The minimum atomic E-state index is -3.19. The Morgan fingerprint density at radius 3 is 2.33 bits per heavy atom. The van der Waals surface area contributed by atoms with E-state index in [0.29, 0.717) is 16.2 Å². The predicted octanol–water partition coefficient (Wildman–Crippen LogP) is 2.84. The summed E-state index contributed by atoms with van der Waals surface area (Å²) in [4.78, 5) is 1.01. The molecule has 0 unspecified atom stereocenters. The maximum absolute atomic E-state index is 12.1. The Kier molecular flexibility index (Phi) is 2.65. The second-order valence-corrected chi connectivity index (χ2v) is 5.88. The normalized spacial score (nSPS) is 16.5. The fourth-order valence-corrected chi connectivity index (χ4v) is 3.30. The minimum Gasteiger partial charge on any atom is -0.219 e. The van der Waals surface area contributed by atoms with E-state index < -0.39 is 9.84 Å². The molecule has 0 N–H and O–H groups in total. The van der Waals surface area contributed by atoms with Crippen LogP contribution in [0.2, 0.25) is 0 Å². The standard InChI is InChI=1S/C12H14O2S/c1-10-6-8-12(9-7-10)15(13,14)11-4-2-3-5-11/h4,6-9H,2-3,5H2,1H3. The molecule has 2 nitrogen and oxygen atoms in total. The van der Waals surface area contributed by atoms with Gasteiger partial charge in [-0.05, 0) is 38.3 Å². The third kappa shape index (κ3) is 1.97. The third-order valence-electron chi connectivity index (χ3n) is 2.68. The molecule has 80 valence electrons. The number of benzene rings is 1. The zero-order chi connectivity index (χ0) is 10.9. The van der Waals surface area contributed by atoms with Crippen LogP contribution < -0.4 is 0 Å². The molecular weight excluding hydrogens is 208 g/mol. The van der Waals surface area contributed by atoms with Crippen LogP contribution in [0.4, 0.5) is 0 Å². The molecular formula is C12H14O2S. The molecule has 0 fully saturated rings. The van der Waals surface area contributed by atoms with Crippen molar-refractivity contribution in [1.82, 2.24) is 0 Å². The lowest BCUT2D eigenvalue weighted by molar-refractivity contribution is 0.600. The molecule has 1 aliphatic rings. The number of rotatable bonds is 2. The van der Waals surface area contributed by atoms with Gasteiger partial charge in [-0.1, -0.05) is 23.8 Å². The summed E-state index contributed by atoms with van der Waals surface area (Å²) in [6.07, 6.45) is 4.38. The molecule has 0 aromatic heterocycles. The Bertz CT molecular complexity index is 481. The van der Waals surface area contributed by atoms with Gasteiger partial charge in [0, 0.05) is 4.91 Å². The van der Waals surface area contributed by atoms with Gasteiger partial charge in [0.2, 0.25) is 9.84 Å². The Morgan fingerprint density at radius 1 is 1.13 bits per heavy atom. The average Bonchev–Trinajstić information content (AvgIpc) is 2.71. The van der Waals surface area contributed by atoms with Gasteiger partial charge in [-0.25, -0.2) is 8.42 Å². The Labute approximate surface area is 90.6 Å². The summed E-state index contributed by atoms with van der Waals surface area (Å²) in [5.41, 5.74) is 1.08. The molecule has 1 aliphatic carbocycles. The van der Waals surface area contributed by atoms with Crippen LogP contribution in [-0.2, 0) is 9.84 Å². The fourth-order valence-electron chi connectivity index (χ4n) is 1.75. The lowest BCUT2D eigenvalue weighted by Crippen LogP contribution is -2.02. The Balaban J connectivity index is 2.41. The quantitative estimate of drug-likeness (QED) is 0.771. The molecule has 0 atom stereocenters. The van der Waals surface area contributed by atoms with E-state index in [1.807, 2.05) is 25.1 Å². The van der Waals surface area contributed by atoms with Crippen LogP contribution >= 0.6 is 0 Å². The monoisotopic (exact) mass is 222 g/mol. The van der Waals surface area contributed by atoms with E-state index in [1.165, 1.54) is 0 Å². The van der Waals surface area contributed by atoms with Gasteiger partial charge < -0.3 is 0 Å². The summed E-state index contributed by atoms with van der Waals surface area (Å²) in [6.45, 7) is 1.95. The summed E-state index contributed by atoms with van der Waals surface area (Å²) in [7, 11) is -3.19. The van der Waals surface area contributed by atoms with E-state index in [0.717, 1.165) is 18.4 Å². The van der Waals surface area contributed by atoms with E-state index in [4.69, 9.17) is 0 Å². The molecule has 3 heteroatoms. The van der Waals surface area contributed by atoms with Crippen LogP contribution in [0.25, 0.3) is 0 Å². The first-order valence-corrected chi connectivity index (χ1v) is 6.60. The van der Waals surface area contributed by atoms with Crippen molar-refractivity contribution in [2.24, 2.45) is 0 Å². The second-order valence-electron chi connectivity index (χ2n) is 3.88. The molecule has 0 radical (unpaired) electrons. The maximum atomic E-state index is 12.1. The summed E-state index contributed by atoms with van der Waals surface area (Å²) >= 11 is 0. The summed E-state index contributed by atoms with van der Waals surface area (Å²) in [5, 5.41) is 0. The molecule has 1 aromatic rings. The Morgan fingerprint density at radius 2 is 1.80 bits per heavy atom. The van der Waals surface area contributed by atoms with Gasteiger partial charge in [0.1, 0.15) is 0 Å². The highest BCUT2D eigenvalue weighted by Crippen LogP contribution is 2.28. The molecule has 1 aromatic carbocycles. The third-order valence-corrected chi connectivity index (χ3v) is 4.63. The van der Waals surface area contributed by atoms with Crippen molar-refractivity contribution >= 4 is 9.84 Å². The molecule has 0 amide bonds. The van der Waals surface area contributed by atoms with Gasteiger partial charge in [-0.15, -0.1) is 0 Å². The first kappa shape index (κ1) is 10.4. The minimum absolute atomic E-state index is 0.418. The SMILES string of the molecule is Cc1ccc(S(=O)(=O)C2=CCCC2)cc1. The molecule has 0 spiro atoms. The summed E-state index contributed by atoms with van der Waals surface area (Å²) in [6, 6.07) is 7.04. The molecule has 0 bridgehead atoms. The van der Waals surface area contributed by atoms with Crippen LogP contribution in [-0.4, -0.2) is 8.42 Å². The van der Waals surface area contributed by atoms with Gasteiger partial charge in [0.25, 0.3) is 0 Å². The summed E-state index contributed by atoms with van der Waals surface area (Å²) < 4.78 is 24.2. The largest absolute Gasteiger partial charge is 0.219 e. The Hall–Kier alpha value is -1.09. The maximum Gasteiger partial charge on any atom is 0.202 e. The van der Waals surface area contributed by atoms with E-state index >= 15 is 0 Å². The number of hydrogen-bond donors (Lipinski definition) is 0. The smallest absolute Gasteiger partial charge is 0.202 e. The van der Waals surface area contributed by atoms with Gasteiger partial charge in [0.15, 0.2) is 0 Å². The number of hydrogen-bond acceptors (Lipinski definition) is 2.